The molecule has 0 amide bonds. The molecule has 0 spiro atoms. The molecule has 0 aromatic heterocycles. The molecule has 4 atom stereocenters. The van der Waals surface area contributed by atoms with Gasteiger partial charge >= 0.3 is 0 Å². The van der Waals surface area contributed by atoms with Gasteiger partial charge in [-0.2, -0.15) is 8.78 Å². The Bertz CT molecular complexity index is 1070. The van der Waals surface area contributed by atoms with Crippen LogP contribution in [0.25, 0.3) is 0 Å². The van der Waals surface area contributed by atoms with Crippen LogP contribution < -0.4 is 9.47 Å². The van der Waals surface area contributed by atoms with E-state index in [0.29, 0.717) is 5.92 Å². The summed E-state index contributed by atoms with van der Waals surface area (Å²) in [4.78, 5) is 0. The van der Waals surface area contributed by atoms with Crippen molar-refractivity contribution in [1.82, 2.24) is 0 Å². The first-order chi connectivity index (χ1) is 19.1. The minimum Gasteiger partial charge on any atom is -0.491 e. The number of benzene rings is 2. The highest BCUT2D eigenvalue weighted by Crippen LogP contribution is 2.51. The van der Waals surface area contributed by atoms with E-state index in [-0.39, 0.29) is 24.7 Å². The number of hydrogen-bond donors (Lipinski definition) is 0. The minimum atomic E-state index is -1.000. The van der Waals surface area contributed by atoms with Gasteiger partial charge in [-0.1, -0.05) is 43.2 Å². The monoisotopic (exact) mass is 536 g/mol. The molecule has 0 heterocycles. The van der Waals surface area contributed by atoms with Gasteiger partial charge in [-0.25, -0.2) is 0 Å². The Kier molecular flexibility index (Phi) is 9.63. The fourth-order valence-corrected chi connectivity index (χ4v) is 7.90. The van der Waals surface area contributed by atoms with E-state index in [4.69, 9.17) is 9.47 Å². The standard InChI is InChI=1S/C35H46F2O2/c1-3-5-6-24-7-11-26(12-8-24)28-15-17-31-22-29(16-18-30(31)21-28)27-13-9-25(10-14-27)23-39-33-20-19-32(38-4-2)34(36)35(33)37/h3,9-10,13-14,19-20,24,26,28-31H,1,4-8,11-12,15-18,21-23H2,2H3. The lowest BCUT2D eigenvalue weighted by atomic mass is 9.60. The van der Waals surface area contributed by atoms with Crippen molar-refractivity contribution in [3.05, 3.63) is 71.8 Å². The number of fused-ring (bicyclic) bond motifs is 1. The molecule has 3 fully saturated rings. The maximum atomic E-state index is 14.3. The SMILES string of the molecule is C=CCCC1CCC(C2CCC3CC(c4ccc(COc5ccc(OCC)c(F)c5F)cc4)CCC3C2)CC1. The normalized spacial score (nSPS) is 28.9. The number of allylic oxidation sites excluding steroid dienone is 1. The lowest BCUT2D eigenvalue weighted by molar-refractivity contribution is 0.0713. The summed E-state index contributed by atoms with van der Waals surface area (Å²) < 4.78 is 39.2. The van der Waals surface area contributed by atoms with Crippen LogP contribution in [0.5, 0.6) is 11.5 Å². The Hall–Kier alpha value is -2.36. The molecule has 3 aliphatic rings. The Balaban J connectivity index is 1.09. The van der Waals surface area contributed by atoms with Crippen LogP contribution in [0.1, 0.15) is 101 Å². The molecule has 2 aromatic rings. The Labute approximate surface area is 234 Å². The van der Waals surface area contributed by atoms with Gasteiger partial charge in [0.1, 0.15) is 6.61 Å². The first-order valence-electron chi connectivity index (χ1n) is 15.5. The van der Waals surface area contributed by atoms with Crippen LogP contribution in [0.3, 0.4) is 0 Å². The lowest BCUT2D eigenvalue weighted by Gasteiger charge is -2.45. The molecule has 39 heavy (non-hydrogen) atoms. The van der Waals surface area contributed by atoms with E-state index in [1.165, 1.54) is 94.7 Å². The van der Waals surface area contributed by atoms with E-state index in [9.17, 15) is 8.78 Å². The number of ether oxygens (including phenoxy) is 2. The molecule has 212 valence electrons. The van der Waals surface area contributed by atoms with Crippen LogP contribution in [0.15, 0.2) is 49.1 Å². The van der Waals surface area contributed by atoms with Gasteiger partial charge in [0.05, 0.1) is 6.61 Å². The van der Waals surface area contributed by atoms with Gasteiger partial charge in [0.25, 0.3) is 0 Å². The van der Waals surface area contributed by atoms with Gasteiger partial charge in [0.2, 0.25) is 11.6 Å². The largest absolute Gasteiger partial charge is 0.491 e. The summed E-state index contributed by atoms with van der Waals surface area (Å²) in [6, 6.07) is 11.4. The van der Waals surface area contributed by atoms with Gasteiger partial charge < -0.3 is 9.47 Å². The second-order valence-corrected chi connectivity index (χ2v) is 12.4. The summed E-state index contributed by atoms with van der Waals surface area (Å²) in [7, 11) is 0. The van der Waals surface area contributed by atoms with Crippen LogP contribution in [0, 0.1) is 41.2 Å². The Morgan fingerprint density at radius 1 is 0.744 bits per heavy atom. The predicted octanol–water partition coefficient (Wildman–Crippen LogP) is 10.0. The van der Waals surface area contributed by atoms with Gasteiger partial charge in [0, 0.05) is 0 Å². The molecule has 2 aromatic carbocycles. The molecule has 5 rings (SSSR count). The third-order valence-corrected chi connectivity index (χ3v) is 10.1. The van der Waals surface area contributed by atoms with Gasteiger partial charge in [-0.15, -0.1) is 6.58 Å². The first-order valence-corrected chi connectivity index (χ1v) is 15.5. The van der Waals surface area contributed by atoms with Crippen molar-refractivity contribution in [3.63, 3.8) is 0 Å². The van der Waals surface area contributed by atoms with Crippen molar-refractivity contribution in [2.75, 3.05) is 6.61 Å². The number of halogens is 2. The summed E-state index contributed by atoms with van der Waals surface area (Å²) in [6.07, 6.45) is 18.7. The highest BCUT2D eigenvalue weighted by atomic mass is 19.2. The molecular weight excluding hydrogens is 490 g/mol. The fraction of sp³-hybridized carbons (Fsp3) is 0.600. The molecule has 3 saturated carbocycles. The fourth-order valence-electron chi connectivity index (χ4n) is 7.90. The summed E-state index contributed by atoms with van der Waals surface area (Å²) in [5.74, 6) is 3.16. The molecule has 4 heteroatoms. The van der Waals surface area contributed by atoms with Crippen molar-refractivity contribution in [1.29, 1.82) is 0 Å². The first kappa shape index (κ1) is 28.2. The average molecular weight is 537 g/mol. The van der Waals surface area contributed by atoms with Crippen molar-refractivity contribution >= 4 is 0 Å². The molecule has 0 saturated heterocycles. The highest BCUT2D eigenvalue weighted by Gasteiger charge is 2.39. The number of hydrogen-bond acceptors (Lipinski definition) is 2. The van der Waals surface area contributed by atoms with Crippen molar-refractivity contribution < 1.29 is 18.3 Å². The molecule has 0 aliphatic heterocycles. The second-order valence-electron chi connectivity index (χ2n) is 12.4. The highest BCUT2D eigenvalue weighted by molar-refractivity contribution is 5.35. The van der Waals surface area contributed by atoms with Crippen LogP contribution in [0.2, 0.25) is 0 Å². The topological polar surface area (TPSA) is 18.5 Å². The Morgan fingerprint density at radius 2 is 1.33 bits per heavy atom. The minimum absolute atomic E-state index is 0.0862. The predicted molar refractivity (Wildman–Crippen MR) is 154 cm³/mol. The van der Waals surface area contributed by atoms with Crippen molar-refractivity contribution in [2.45, 2.75) is 96.5 Å². The third-order valence-electron chi connectivity index (χ3n) is 10.1. The third kappa shape index (κ3) is 6.87. The molecular formula is C35H46F2O2. The van der Waals surface area contributed by atoms with Gasteiger partial charge in [-0.3, -0.25) is 0 Å². The van der Waals surface area contributed by atoms with E-state index in [1.54, 1.807) is 6.92 Å². The van der Waals surface area contributed by atoms with Crippen molar-refractivity contribution in [3.8, 4) is 11.5 Å². The van der Waals surface area contributed by atoms with Crippen LogP contribution >= 0.6 is 0 Å². The average Bonchev–Trinajstić information content (AvgIpc) is 2.98. The molecule has 0 radical (unpaired) electrons. The Morgan fingerprint density at radius 3 is 2.00 bits per heavy atom. The van der Waals surface area contributed by atoms with E-state index in [0.717, 1.165) is 35.2 Å². The molecule has 0 N–H and O–H groups in total. The molecule has 0 bridgehead atoms. The zero-order chi connectivity index (χ0) is 27.2. The van der Waals surface area contributed by atoms with Crippen molar-refractivity contribution in [2.24, 2.45) is 29.6 Å². The van der Waals surface area contributed by atoms with Gasteiger partial charge in [0.15, 0.2) is 11.5 Å². The van der Waals surface area contributed by atoms with Crippen LogP contribution in [-0.2, 0) is 6.61 Å². The zero-order valence-corrected chi connectivity index (χ0v) is 23.7. The number of rotatable bonds is 10. The zero-order valence-electron chi connectivity index (χ0n) is 23.7. The van der Waals surface area contributed by atoms with E-state index in [2.05, 4.69) is 36.9 Å². The van der Waals surface area contributed by atoms with Crippen LogP contribution in [0.4, 0.5) is 8.78 Å². The summed E-state index contributed by atoms with van der Waals surface area (Å²) in [6.45, 7) is 6.12. The molecule has 2 nitrogen and oxygen atoms in total. The quantitative estimate of drug-likeness (QED) is 0.281. The van der Waals surface area contributed by atoms with E-state index in [1.807, 2.05) is 0 Å². The van der Waals surface area contributed by atoms with E-state index >= 15 is 0 Å². The summed E-state index contributed by atoms with van der Waals surface area (Å²) in [5, 5.41) is 0. The van der Waals surface area contributed by atoms with Crippen LogP contribution in [-0.4, -0.2) is 6.61 Å². The second kappa shape index (κ2) is 13.3. The van der Waals surface area contributed by atoms with Gasteiger partial charge in [-0.05, 0) is 130 Å². The smallest absolute Gasteiger partial charge is 0.204 e. The molecule has 4 unspecified atom stereocenters. The maximum absolute atomic E-state index is 14.3. The molecule has 3 aliphatic carbocycles. The lowest BCUT2D eigenvalue weighted by Crippen LogP contribution is -2.34. The summed E-state index contributed by atoms with van der Waals surface area (Å²) >= 11 is 0. The maximum Gasteiger partial charge on any atom is 0.204 e. The summed E-state index contributed by atoms with van der Waals surface area (Å²) in [5.41, 5.74) is 2.37. The van der Waals surface area contributed by atoms with E-state index < -0.39 is 11.6 Å².